The molecule has 5 atom stereocenters. The van der Waals surface area contributed by atoms with E-state index < -0.39 is 47.7 Å². The van der Waals surface area contributed by atoms with Crippen molar-refractivity contribution in [2.75, 3.05) is 6.54 Å². The van der Waals surface area contributed by atoms with E-state index in [0.717, 1.165) is 5.56 Å². The summed E-state index contributed by atoms with van der Waals surface area (Å²) < 4.78 is 11.4. The predicted molar refractivity (Wildman–Crippen MR) is 167 cm³/mol. The van der Waals surface area contributed by atoms with Gasteiger partial charge in [-0.3, -0.25) is 19.2 Å². The minimum atomic E-state index is -1.17. The normalized spacial score (nSPS) is 17.8. The highest BCUT2D eigenvalue weighted by Gasteiger charge is 2.35. The van der Waals surface area contributed by atoms with Gasteiger partial charge in [-0.25, -0.2) is 4.79 Å². The number of rotatable bonds is 16. The van der Waals surface area contributed by atoms with E-state index in [0.29, 0.717) is 32.2 Å². The molecule has 1 aromatic rings. The summed E-state index contributed by atoms with van der Waals surface area (Å²) in [7, 11) is 0. The van der Waals surface area contributed by atoms with E-state index in [4.69, 9.17) is 9.47 Å². The van der Waals surface area contributed by atoms with Crippen LogP contribution in [-0.2, 0) is 35.3 Å². The molecule has 1 unspecified atom stereocenters. The summed E-state index contributed by atoms with van der Waals surface area (Å²) in [5.41, 5.74) is 0.167. The number of ketones is 1. The van der Waals surface area contributed by atoms with Crippen LogP contribution in [0.25, 0.3) is 0 Å². The van der Waals surface area contributed by atoms with Crippen molar-refractivity contribution >= 4 is 29.6 Å². The van der Waals surface area contributed by atoms with Crippen molar-refractivity contribution in [2.24, 2.45) is 11.8 Å². The number of alkyl carbamates (subject to hydrolysis) is 1. The third-order valence-electron chi connectivity index (χ3n) is 7.01. The van der Waals surface area contributed by atoms with Crippen molar-refractivity contribution in [2.45, 2.75) is 111 Å². The van der Waals surface area contributed by atoms with Crippen molar-refractivity contribution in [3.05, 3.63) is 48.0 Å². The Morgan fingerprint density at radius 2 is 1.70 bits per heavy atom. The average Bonchev–Trinajstić information content (AvgIpc) is 3.35. The number of allylic oxidation sites excluding steroid dienone is 1. The van der Waals surface area contributed by atoms with Crippen LogP contribution >= 0.6 is 0 Å². The molecule has 1 aromatic carbocycles. The molecule has 244 valence electrons. The molecule has 4 N–H and O–H groups in total. The molecule has 0 aliphatic carbocycles. The van der Waals surface area contributed by atoms with Crippen LogP contribution < -0.4 is 21.3 Å². The van der Waals surface area contributed by atoms with Crippen LogP contribution in [0.1, 0.15) is 79.7 Å². The molecular weight excluding hydrogens is 564 g/mol. The SMILES string of the molecule is CCC(=O)/C=C/[C@H](C[C@@H]1CCNC1=O)NC(=O)[C@H](CC(C)C)NC(=O)[C@@H](NC(=O)OCc1ccccc1)C(C)OC(C)(C)C. The van der Waals surface area contributed by atoms with Gasteiger partial charge < -0.3 is 30.7 Å². The number of nitrogens with one attached hydrogen (secondary N) is 4. The average molecular weight is 615 g/mol. The van der Waals surface area contributed by atoms with Gasteiger partial charge in [-0.1, -0.05) is 57.2 Å². The highest BCUT2D eigenvalue weighted by Crippen LogP contribution is 2.18. The number of carbonyl (C=O) groups is 5. The van der Waals surface area contributed by atoms with Crippen LogP contribution in [0.5, 0.6) is 0 Å². The summed E-state index contributed by atoms with van der Waals surface area (Å²) in [6.07, 6.45) is 3.03. The Morgan fingerprint density at radius 1 is 1.02 bits per heavy atom. The minimum absolute atomic E-state index is 0.0162. The van der Waals surface area contributed by atoms with Gasteiger partial charge in [0.1, 0.15) is 18.7 Å². The molecule has 1 fully saturated rings. The fourth-order valence-corrected chi connectivity index (χ4v) is 4.86. The first-order valence-electron chi connectivity index (χ1n) is 15.4. The van der Waals surface area contributed by atoms with Gasteiger partial charge in [0.25, 0.3) is 0 Å². The van der Waals surface area contributed by atoms with E-state index in [1.807, 2.05) is 65.0 Å². The lowest BCUT2D eigenvalue weighted by Gasteiger charge is -2.32. The summed E-state index contributed by atoms with van der Waals surface area (Å²) in [6, 6.07) is 6.43. The Labute approximate surface area is 261 Å². The number of hydrogen-bond donors (Lipinski definition) is 4. The molecule has 1 aliphatic rings. The maximum atomic E-state index is 13.7. The number of ether oxygens (including phenoxy) is 2. The predicted octanol–water partition coefficient (Wildman–Crippen LogP) is 3.56. The number of hydrogen-bond acceptors (Lipinski definition) is 7. The van der Waals surface area contributed by atoms with Gasteiger partial charge in [0.15, 0.2) is 5.78 Å². The third kappa shape index (κ3) is 13.3. The quantitative estimate of drug-likeness (QED) is 0.208. The van der Waals surface area contributed by atoms with Crippen LogP contribution in [-0.4, -0.2) is 66.0 Å². The van der Waals surface area contributed by atoms with Crippen molar-refractivity contribution in [1.82, 2.24) is 21.3 Å². The van der Waals surface area contributed by atoms with E-state index in [1.165, 1.54) is 6.08 Å². The van der Waals surface area contributed by atoms with Crippen LogP contribution in [0.2, 0.25) is 0 Å². The van der Waals surface area contributed by atoms with Gasteiger partial charge in [-0.15, -0.1) is 0 Å². The van der Waals surface area contributed by atoms with Crippen molar-refractivity contribution in [3.8, 4) is 0 Å². The van der Waals surface area contributed by atoms with E-state index >= 15 is 0 Å². The summed E-state index contributed by atoms with van der Waals surface area (Å²) in [6.45, 7) is 13.3. The van der Waals surface area contributed by atoms with E-state index in [1.54, 1.807) is 19.9 Å². The van der Waals surface area contributed by atoms with Gasteiger partial charge >= 0.3 is 6.09 Å². The lowest BCUT2D eigenvalue weighted by atomic mass is 9.96. The van der Waals surface area contributed by atoms with Gasteiger partial charge in [0, 0.05) is 24.9 Å². The molecule has 0 saturated carbocycles. The first-order valence-corrected chi connectivity index (χ1v) is 15.4. The summed E-state index contributed by atoms with van der Waals surface area (Å²) >= 11 is 0. The van der Waals surface area contributed by atoms with Crippen molar-refractivity contribution in [1.29, 1.82) is 0 Å². The lowest BCUT2D eigenvalue weighted by molar-refractivity contribution is -0.135. The molecule has 0 radical (unpaired) electrons. The van der Waals surface area contributed by atoms with Gasteiger partial charge in [-0.05, 0) is 64.5 Å². The fraction of sp³-hybridized carbons (Fsp3) is 0.606. The molecule has 0 aromatic heterocycles. The highest BCUT2D eigenvalue weighted by atomic mass is 16.6. The second-order valence-corrected chi connectivity index (χ2v) is 12.6. The third-order valence-corrected chi connectivity index (χ3v) is 7.01. The molecule has 2 rings (SSSR count). The molecular formula is C33H50N4O7. The number of benzene rings is 1. The maximum Gasteiger partial charge on any atom is 0.408 e. The molecule has 4 amide bonds. The Morgan fingerprint density at radius 3 is 2.27 bits per heavy atom. The summed E-state index contributed by atoms with van der Waals surface area (Å²) in [4.78, 5) is 64.3. The topological polar surface area (TPSA) is 152 Å². The lowest BCUT2D eigenvalue weighted by Crippen LogP contribution is -2.59. The molecule has 1 saturated heterocycles. The van der Waals surface area contributed by atoms with Crippen LogP contribution in [0.3, 0.4) is 0 Å². The van der Waals surface area contributed by atoms with Gasteiger partial charge in [0.2, 0.25) is 17.7 Å². The molecule has 11 nitrogen and oxygen atoms in total. The maximum absolute atomic E-state index is 13.7. The Hall–Kier alpha value is -3.73. The Kier molecular flexibility index (Phi) is 14.5. The zero-order chi connectivity index (χ0) is 32.9. The molecule has 0 spiro atoms. The molecule has 11 heteroatoms. The summed E-state index contributed by atoms with van der Waals surface area (Å²) in [5, 5.41) is 11.1. The monoisotopic (exact) mass is 614 g/mol. The molecule has 44 heavy (non-hydrogen) atoms. The van der Waals surface area contributed by atoms with Gasteiger partial charge in [-0.2, -0.15) is 0 Å². The fourth-order valence-electron chi connectivity index (χ4n) is 4.86. The summed E-state index contributed by atoms with van der Waals surface area (Å²) in [5.74, 6) is -1.53. The van der Waals surface area contributed by atoms with Crippen molar-refractivity contribution in [3.63, 3.8) is 0 Å². The largest absolute Gasteiger partial charge is 0.445 e. The van der Waals surface area contributed by atoms with E-state index in [9.17, 15) is 24.0 Å². The Bertz CT molecular complexity index is 1150. The smallest absolute Gasteiger partial charge is 0.408 e. The number of carbonyl (C=O) groups excluding carboxylic acids is 5. The molecule has 1 aliphatic heterocycles. The standard InChI is InChI=1S/C33H50N4O7/c1-8-26(38)15-14-25(19-24-16-17-34-29(24)39)35-30(40)27(18-21(2)3)36-31(41)28(22(4)44-33(5,6)7)37-32(42)43-20-23-12-10-9-11-13-23/h9-15,21-22,24-25,27-28H,8,16-20H2,1-7H3,(H,34,39)(H,35,40)(H,36,41)(H,37,42)/b15-14+/t22?,24-,25+,27-,28-/m0/s1. The zero-order valence-corrected chi connectivity index (χ0v) is 27.1. The first kappa shape index (κ1) is 36.5. The Balaban J connectivity index is 2.22. The first-order chi connectivity index (χ1) is 20.7. The zero-order valence-electron chi connectivity index (χ0n) is 27.1. The van der Waals surface area contributed by atoms with Crippen LogP contribution in [0.15, 0.2) is 42.5 Å². The van der Waals surface area contributed by atoms with Crippen LogP contribution in [0.4, 0.5) is 4.79 Å². The van der Waals surface area contributed by atoms with E-state index in [-0.39, 0.29) is 30.1 Å². The van der Waals surface area contributed by atoms with E-state index in [2.05, 4.69) is 21.3 Å². The minimum Gasteiger partial charge on any atom is -0.445 e. The second-order valence-electron chi connectivity index (χ2n) is 12.6. The number of amides is 4. The van der Waals surface area contributed by atoms with Gasteiger partial charge in [0.05, 0.1) is 11.7 Å². The van der Waals surface area contributed by atoms with Crippen LogP contribution in [0, 0.1) is 11.8 Å². The highest BCUT2D eigenvalue weighted by molar-refractivity contribution is 5.92. The molecule has 0 bridgehead atoms. The van der Waals surface area contributed by atoms with Crippen molar-refractivity contribution < 1.29 is 33.4 Å². The second kappa shape index (κ2) is 17.5. The molecule has 1 heterocycles.